The van der Waals surface area contributed by atoms with Crippen molar-refractivity contribution in [1.82, 2.24) is 4.98 Å². The van der Waals surface area contributed by atoms with Gasteiger partial charge in [-0.15, -0.1) is 11.6 Å². The minimum absolute atomic E-state index is 0.109. The van der Waals surface area contributed by atoms with Crippen LogP contribution < -0.4 is 9.80 Å². The van der Waals surface area contributed by atoms with Crippen LogP contribution in [0, 0.1) is 5.41 Å². The van der Waals surface area contributed by atoms with E-state index in [1.54, 1.807) is 17.2 Å². The number of amides is 1. The number of carbonyl (C=O) groups is 2. The molecule has 1 aliphatic rings. The molecule has 0 saturated carbocycles. The first-order chi connectivity index (χ1) is 20.7. The van der Waals surface area contributed by atoms with Crippen LogP contribution in [0.1, 0.15) is 48.6 Å². The molecule has 0 radical (unpaired) electrons. The predicted molar refractivity (Wildman–Crippen MR) is 172 cm³/mol. The van der Waals surface area contributed by atoms with Crippen molar-refractivity contribution in [2.24, 2.45) is 5.41 Å². The third-order valence-corrected chi connectivity index (χ3v) is 8.15. The van der Waals surface area contributed by atoms with Gasteiger partial charge in [-0.1, -0.05) is 93.6 Å². The van der Waals surface area contributed by atoms with Crippen molar-refractivity contribution in [2.45, 2.75) is 51.6 Å². The van der Waals surface area contributed by atoms with E-state index in [1.165, 1.54) is 18.2 Å². The summed E-state index contributed by atoms with van der Waals surface area (Å²) in [6.07, 6.45) is 1.77. The summed E-state index contributed by atoms with van der Waals surface area (Å²) in [5.41, 5.74) is 3.78. The Balaban J connectivity index is 1.61. The molecule has 0 spiro atoms. The number of alkyl halides is 1. The van der Waals surface area contributed by atoms with Crippen LogP contribution in [0.2, 0.25) is 0 Å². The number of benzene rings is 3. The summed E-state index contributed by atoms with van der Waals surface area (Å²) in [6, 6.07) is 30.4. The van der Waals surface area contributed by atoms with Crippen molar-refractivity contribution in [2.75, 3.05) is 23.5 Å². The number of hydrogen-bond donors (Lipinski definition) is 0. The average molecular weight is 596 g/mol. The second kappa shape index (κ2) is 12.6. The molecule has 0 aliphatic carbocycles. The van der Waals surface area contributed by atoms with Crippen LogP contribution in [0.3, 0.4) is 0 Å². The second-order valence-corrected chi connectivity index (χ2v) is 12.6. The number of anilines is 2. The fraction of sp³-hybridized carbons (Fsp3) is 0.306. The Labute approximate surface area is 259 Å². The lowest BCUT2D eigenvalue weighted by atomic mass is 9.76. The molecule has 43 heavy (non-hydrogen) atoms. The Bertz CT molecular complexity index is 1550. The smallest absolute Gasteiger partial charge is 0.326 e. The number of methoxy groups -OCH3 is 1. The van der Waals surface area contributed by atoms with Gasteiger partial charge in [-0.2, -0.15) is 0 Å². The Morgan fingerprint density at radius 3 is 2.09 bits per heavy atom. The topological polar surface area (TPSA) is 62.7 Å². The number of hydrogen-bond acceptors (Lipinski definition) is 5. The maximum atomic E-state index is 14.4. The standard InChI is InChI=1S/C36H38ClN3O3/c1-35(2,3)25-40-32-31(16-11-19-38-32)36(33(40)41,34(42)43-4)21-29-20-30(18-17-28(29)22-37)39(23-26-12-7-5-8-13-26)24-27-14-9-6-10-15-27/h5-20H,21-25H2,1-4H3. The van der Waals surface area contributed by atoms with Crippen LogP contribution in [-0.4, -0.2) is 30.5 Å². The highest BCUT2D eigenvalue weighted by Crippen LogP contribution is 2.45. The molecule has 0 bridgehead atoms. The SMILES string of the molecule is COC(=O)C1(Cc2cc(N(Cc3ccccc3)Cc3ccccc3)ccc2CCl)C(=O)N(CC(C)(C)C)c2ncccc21. The van der Waals surface area contributed by atoms with Gasteiger partial charge >= 0.3 is 5.97 Å². The number of ether oxygens (including phenoxy) is 1. The Morgan fingerprint density at radius 1 is 0.907 bits per heavy atom. The van der Waals surface area contributed by atoms with Gasteiger partial charge in [-0.25, -0.2) is 4.98 Å². The number of fused-ring (bicyclic) bond motifs is 1. The number of halogens is 1. The molecular formula is C36H38ClN3O3. The van der Waals surface area contributed by atoms with E-state index in [1.807, 2.05) is 48.5 Å². The number of nitrogens with zero attached hydrogens (tertiary/aromatic N) is 3. The van der Waals surface area contributed by atoms with Crippen LogP contribution in [0.25, 0.3) is 0 Å². The minimum atomic E-state index is -1.58. The fourth-order valence-electron chi connectivity index (χ4n) is 5.86. The number of carbonyl (C=O) groups excluding carboxylic acids is 2. The zero-order valence-corrected chi connectivity index (χ0v) is 26.0. The highest BCUT2D eigenvalue weighted by atomic mass is 35.5. The molecule has 1 aromatic heterocycles. The molecule has 4 aromatic rings. The van der Waals surface area contributed by atoms with E-state index in [4.69, 9.17) is 16.3 Å². The maximum Gasteiger partial charge on any atom is 0.326 e. The molecule has 0 N–H and O–H groups in total. The highest BCUT2D eigenvalue weighted by molar-refractivity contribution is 6.20. The minimum Gasteiger partial charge on any atom is -0.468 e. The number of esters is 1. The predicted octanol–water partition coefficient (Wildman–Crippen LogP) is 7.07. The summed E-state index contributed by atoms with van der Waals surface area (Å²) in [5.74, 6) is -0.172. The van der Waals surface area contributed by atoms with Gasteiger partial charge in [0.2, 0.25) is 0 Å². The molecule has 1 aliphatic heterocycles. The van der Waals surface area contributed by atoms with Crippen molar-refractivity contribution in [3.8, 4) is 0 Å². The third-order valence-electron chi connectivity index (χ3n) is 7.87. The van der Waals surface area contributed by atoms with Crippen molar-refractivity contribution in [3.63, 3.8) is 0 Å². The Hall–Kier alpha value is -4.16. The lowest BCUT2D eigenvalue weighted by Crippen LogP contribution is -2.50. The summed E-state index contributed by atoms with van der Waals surface area (Å²) in [5, 5.41) is 0. The lowest BCUT2D eigenvalue weighted by Gasteiger charge is -2.30. The van der Waals surface area contributed by atoms with Crippen LogP contribution in [0.5, 0.6) is 0 Å². The van der Waals surface area contributed by atoms with Crippen molar-refractivity contribution < 1.29 is 14.3 Å². The van der Waals surface area contributed by atoms with Crippen LogP contribution in [0.15, 0.2) is 97.2 Å². The van der Waals surface area contributed by atoms with Crippen LogP contribution >= 0.6 is 11.6 Å². The first kappa shape index (κ1) is 30.3. The van der Waals surface area contributed by atoms with Crippen LogP contribution in [-0.2, 0) is 45.1 Å². The molecule has 7 heteroatoms. The fourth-order valence-corrected chi connectivity index (χ4v) is 6.12. The summed E-state index contributed by atoms with van der Waals surface area (Å²) in [6.45, 7) is 7.96. The largest absolute Gasteiger partial charge is 0.468 e. The summed E-state index contributed by atoms with van der Waals surface area (Å²) >= 11 is 6.48. The van der Waals surface area contributed by atoms with E-state index in [-0.39, 0.29) is 23.6 Å². The Kier molecular flexibility index (Phi) is 8.88. The van der Waals surface area contributed by atoms with E-state index >= 15 is 0 Å². The quantitative estimate of drug-likeness (QED) is 0.111. The number of pyridine rings is 1. The average Bonchev–Trinajstić information content (AvgIpc) is 3.24. The van der Waals surface area contributed by atoms with Gasteiger partial charge in [-0.05, 0) is 45.9 Å². The summed E-state index contributed by atoms with van der Waals surface area (Å²) < 4.78 is 5.37. The van der Waals surface area contributed by atoms with Gasteiger partial charge in [0.15, 0.2) is 5.41 Å². The van der Waals surface area contributed by atoms with Gasteiger partial charge < -0.3 is 9.64 Å². The van der Waals surface area contributed by atoms with Gasteiger partial charge in [0.1, 0.15) is 5.82 Å². The molecule has 0 fully saturated rings. The zero-order valence-electron chi connectivity index (χ0n) is 25.2. The van der Waals surface area contributed by atoms with Gasteiger partial charge in [0.05, 0.1) is 7.11 Å². The molecule has 3 aromatic carbocycles. The Morgan fingerprint density at radius 2 is 1.53 bits per heavy atom. The number of rotatable bonds is 10. The van der Waals surface area contributed by atoms with Crippen molar-refractivity contribution in [3.05, 3.63) is 125 Å². The normalized spacial score (nSPS) is 16.2. The molecule has 222 valence electrons. The first-order valence-electron chi connectivity index (χ1n) is 14.5. The molecular weight excluding hydrogens is 558 g/mol. The van der Waals surface area contributed by atoms with Crippen molar-refractivity contribution >= 4 is 35.0 Å². The molecule has 1 amide bonds. The van der Waals surface area contributed by atoms with E-state index in [9.17, 15) is 9.59 Å². The molecule has 6 nitrogen and oxygen atoms in total. The lowest BCUT2D eigenvalue weighted by molar-refractivity contribution is -0.151. The molecule has 0 saturated heterocycles. The third kappa shape index (κ3) is 6.30. The summed E-state index contributed by atoms with van der Waals surface area (Å²) in [4.78, 5) is 36.7. The first-order valence-corrected chi connectivity index (χ1v) is 15.1. The van der Waals surface area contributed by atoms with Gasteiger partial charge in [0, 0.05) is 49.4 Å². The molecule has 1 atom stereocenters. The number of aromatic nitrogens is 1. The second-order valence-electron chi connectivity index (χ2n) is 12.3. The van der Waals surface area contributed by atoms with E-state index in [0.717, 1.165) is 16.8 Å². The van der Waals surface area contributed by atoms with Gasteiger partial charge in [-0.3, -0.25) is 14.5 Å². The molecule has 2 heterocycles. The van der Waals surface area contributed by atoms with Crippen molar-refractivity contribution in [1.29, 1.82) is 0 Å². The highest BCUT2D eigenvalue weighted by Gasteiger charge is 2.58. The van der Waals surface area contributed by atoms with E-state index in [0.29, 0.717) is 31.0 Å². The van der Waals surface area contributed by atoms with E-state index in [2.05, 4.69) is 67.1 Å². The van der Waals surface area contributed by atoms with Gasteiger partial charge in [0.25, 0.3) is 5.91 Å². The van der Waals surface area contributed by atoms with Crippen LogP contribution in [0.4, 0.5) is 11.5 Å². The zero-order chi connectivity index (χ0) is 30.6. The molecule has 5 rings (SSSR count). The van der Waals surface area contributed by atoms with E-state index < -0.39 is 11.4 Å². The summed E-state index contributed by atoms with van der Waals surface area (Å²) in [7, 11) is 1.33. The maximum absolute atomic E-state index is 14.4. The monoisotopic (exact) mass is 595 g/mol. The molecule has 1 unspecified atom stereocenters.